The third-order valence-electron chi connectivity index (χ3n) is 3.98. The average molecular weight is 299 g/mol. The van der Waals surface area contributed by atoms with E-state index in [1.807, 2.05) is 48.3 Å². The highest BCUT2D eigenvalue weighted by Gasteiger charge is 2.31. The van der Waals surface area contributed by atoms with E-state index in [4.69, 9.17) is 4.52 Å². The first-order valence-corrected chi connectivity index (χ1v) is 7.72. The fourth-order valence-corrected chi connectivity index (χ4v) is 2.97. The van der Waals surface area contributed by atoms with E-state index in [1.165, 1.54) is 0 Å². The lowest BCUT2D eigenvalue weighted by atomic mass is 10.1. The first-order chi connectivity index (χ1) is 10.6. The van der Waals surface area contributed by atoms with Crippen LogP contribution >= 0.6 is 0 Å². The highest BCUT2D eigenvalue weighted by Crippen LogP contribution is 2.25. The molecule has 0 bridgehead atoms. The van der Waals surface area contributed by atoms with Gasteiger partial charge in [-0.2, -0.15) is 0 Å². The number of benzene rings is 1. The van der Waals surface area contributed by atoms with Gasteiger partial charge in [-0.3, -0.25) is 14.8 Å². The van der Waals surface area contributed by atoms with Crippen molar-refractivity contribution >= 4 is 11.6 Å². The quantitative estimate of drug-likeness (QED) is 0.874. The third kappa shape index (κ3) is 2.98. The van der Waals surface area contributed by atoms with E-state index >= 15 is 0 Å². The van der Waals surface area contributed by atoms with E-state index in [9.17, 15) is 4.79 Å². The van der Waals surface area contributed by atoms with Crippen LogP contribution in [0.5, 0.6) is 0 Å². The molecule has 3 rings (SSSR count). The zero-order valence-electron chi connectivity index (χ0n) is 13.0. The van der Waals surface area contributed by atoms with E-state index in [-0.39, 0.29) is 18.4 Å². The van der Waals surface area contributed by atoms with Crippen molar-refractivity contribution in [1.82, 2.24) is 10.2 Å². The minimum Gasteiger partial charge on any atom is -0.361 e. The number of aryl methyl sites for hydroxylation is 1. The fraction of sp³-hybridized carbons (Fsp3) is 0.412. The van der Waals surface area contributed by atoms with Gasteiger partial charge in [0.25, 0.3) is 0 Å². The van der Waals surface area contributed by atoms with Crippen molar-refractivity contribution in [3.63, 3.8) is 0 Å². The summed E-state index contributed by atoms with van der Waals surface area (Å²) in [5.41, 5.74) is 1.85. The number of carbonyl (C=O) groups is 1. The van der Waals surface area contributed by atoms with Crippen LogP contribution in [0.3, 0.4) is 0 Å². The molecule has 1 aromatic heterocycles. The number of anilines is 1. The Morgan fingerprint density at radius 3 is 2.82 bits per heavy atom. The average Bonchev–Trinajstić information content (AvgIpc) is 2.92. The molecule has 22 heavy (non-hydrogen) atoms. The molecular formula is C17H21N3O2. The fourth-order valence-electron chi connectivity index (χ4n) is 2.97. The van der Waals surface area contributed by atoms with Crippen molar-refractivity contribution in [3.8, 4) is 0 Å². The second-order valence-electron chi connectivity index (χ2n) is 5.80. The summed E-state index contributed by atoms with van der Waals surface area (Å²) in [5, 5.41) is 7.81. The molecule has 0 saturated carbocycles. The van der Waals surface area contributed by atoms with Crippen LogP contribution in [0.4, 0.5) is 5.69 Å². The van der Waals surface area contributed by atoms with Crippen LogP contribution in [0.1, 0.15) is 31.2 Å². The van der Waals surface area contributed by atoms with Gasteiger partial charge in [-0.05, 0) is 38.8 Å². The first-order valence-electron chi connectivity index (χ1n) is 7.72. The standard InChI is InChI=1S/C17H21N3O2/c1-13-11-16(22-18-13)12-17(21)20-14(2)7-6-10-19(20)15-8-4-3-5-9-15/h3-5,8-9,11,14H,6-7,10,12H2,1-2H3/t14-/m0/s1. The van der Waals surface area contributed by atoms with Gasteiger partial charge in [0.2, 0.25) is 5.91 Å². The lowest BCUT2D eigenvalue weighted by molar-refractivity contribution is -0.134. The number of rotatable bonds is 3. The second-order valence-corrected chi connectivity index (χ2v) is 5.80. The highest BCUT2D eigenvalue weighted by molar-refractivity contribution is 5.80. The first kappa shape index (κ1) is 14.6. The van der Waals surface area contributed by atoms with Gasteiger partial charge in [-0.1, -0.05) is 23.4 Å². The van der Waals surface area contributed by atoms with Crippen molar-refractivity contribution in [1.29, 1.82) is 0 Å². The summed E-state index contributed by atoms with van der Waals surface area (Å²) >= 11 is 0. The summed E-state index contributed by atoms with van der Waals surface area (Å²) < 4.78 is 5.19. The summed E-state index contributed by atoms with van der Waals surface area (Å²) in [4.78, 5) is 12.8. The van der Waals surface area contributed by atoms with E-state index in [0.29, 0.717) is 5.76 Å². The molecule has 1 saturated heterocycles. The molecule has 2 heterocycles. The number of para-hydroxylation sites is 1. The lowest BCUT2D eigenvalue weighted by Gasteiger charge is -2.44. The molecule has 1 amide bonds. The maximum absolute atomic E-state index is 12.8. The van der Waals surface area contributed by atoms with Gasteiger partial charge in [0.05, 0.1) is 23.8 Å². The topological polar surface area (TPSA) is 49.6 Å². The van der Waals surface area contributed by atoms with E-state index < -0.39 is 0 Å². The summed E-state index contributed by atoms with van der Waals surface area (Å²) in [6.45, 7) is 4.81. The van der Waals surface area contributed by atoms with Crippen LogP contribution < -0.4 is 5.01 Å². The van der Waals surface area contributed by atoms with Crippen molar-refractivity contribution in [2.45, 2.75) is 39.2 Å². The summed E-state index contributed by atoms with van der Waals surface area (Å²) in [7, 11) is 0. The van der Waals surface area contributed by atoms with Crippen molar-refractivity contribution in [3.05, 3.63) is 47.9 Å². The SMILES string of the molecule is Cc1cc(CC(=O)N2[C@@H](C)CCCN2c2ccccc2)on1. The Bertz CT molecular complexity index is 638. The normalized spacial score (nSPS) is 18.5. The van der Waals surface area contributed by atoms with Crippen molar-refractivity contribution in [2.24, 2.45) is 0 Å². The number of hydrazine groups is 1. The van der Waals surface area contributed by atoms with Gasteiger partial charge in [0.1, 0.15) is 5.76 Å². The molecule has 1 aliphatic heterocycles. The molecule has 2 aromatic rings. The van der Waals surface area contributed by atoms with Crippen LogP contribution in [0.2, 0.25) is 0 Å². The van der Waals surface area contributed by atoms with Gasteiger partial charge >= 0.3 is 0 Å². The number of amides is 1. The molecule has 5 nitrogen and oxygen atoms in total. The maximum Gasteiger partial charge on any atom is 0.249 e. The molecule has 1 atom stereocenters. The number of nitrogens with zero attached hydrogens (tertiary/aromatic N) is 3. The molecule has 1 aromatic carbocycles. The highest BCUT2D eigenvalue weighted by atomic mass is 16.5. The molecule has 0 spiro atoms. The molecule has 116 valence electrons. The van der Waals surface area contributed by atoms with Crippen LogP contribution in [-0.4, -0.2) is 28.7 Å². The number of aromatic nitrogens is 1. The van der Waals surface area contributed by atoms with E-state index in [2.05, 4.69) is 17.1 Å². The Kier molecular flexibility index (Phi) is 4.13. The van der Waals surface area contributed by atoms with Gasteiger partial charge in [0.15, 0.2) is 0 Å². The second kappa shape index (κ2) is 6.22. The van der Waals surface area contributed by atoms with E-state index in [0.717, 1.165) is 30.8 Å². The van der Waals surface area contributed by atoms with Gasteiger partial charge in [0, 0.05) is 12.6 Å². The Labute approximate surface area is 130 Å². The Hall–Kier alpha value is -2.30. The van der Waals surface area contributed by atoms with E-state index in [1.54, 1.807) is 0 Å². The number of hydrogen-bond donors (Lipinski definition) is 0. The Balaban J connectivity index is 1.82. The van der Waals surface area contributed by atoms with Crippen LogP contribution in [0.25, 0.3) is 0 Å². The van der Waals surface area contributed by atoms with Crippen molar-refractivity contribution in [2.75, 3.05) is 11.6 Å². The number of carbonyl (C=O) groups excluding carboxylic acids is 1. The molecule has 0 radical (unpaired) electrons. The molecule has 0 unspecified atom stereocenters. The molecule has 1 aliphatic rings. The molecule has 5 heteroatoms. The van der Waals surface area contributed by atoms with Crippen LogP contribution in [-0.2, 0) is 11.2 Å². The predicted molar refractivity (Wildman–Crippen MR) is 84.3 cm³/mol. The Morgan fingerprint density at radius 1 is 1.36 bits per heavy atom. The monoisotopic (exact) mass is 299 g/mol. The zero-order chi connectivity index (χ0) is 15.5. The van der Waals surface area contributed by atoms with Gasteiger partial charge < -0.3 is 4.52 Å². The number of hydrogen-bond acceptors (Lipinski definition) is 4. The van der Waals surface area contributed by atoms with Crippen molar-refractivity contribution < 1.29 is 9.32 Å². The Morgan fingerprint density at radius 2 is 2.14 bits per heavy atom. The minimum absolute atomic E-state index is 0.0483. The van der Waals surface area contributed by atoms with Gasteiger partial charge in [-0.15, -0.1) is 0 Å². The van der Waals surface area contributed by atoms with Gasteiger partial charge in [-0.25, -0.2) is 0 Å². The lowest BCUT2D eigenvalue weighted by Crippen LogP contribution is -2.55. The minimum atomic E-state index is 0.0483. The summed E-state index contributed by atoms with van der Waals surface area (Å²) in [6, 6.07) is 12.1. The van der Waals surface area contributed by atoms with Crippen LogP contribution in [0, 0.1) is 6.92 Å². The summed E-state index contributed by atoms with van der Waals surface area (Å²) in [5.74, 6) is 0.667. The summed E-state index contributed by atoms with van der Waals surface area (Å²) in [6.07, 6.45) is 2.35. The zero-order valence-corrected chi connectivity index (χ0v) is 13.0. The predicted octanol–water partition coefficient (Wildman–Crippen LogP) is 2.96. The molecule has 1 fully saturated rings. The maximum atomic E-state index is 12.8. The molecule has 0 aliphatic carbocycles. The molecular weight excluding hydrogens is 278 g/mol. The third-order valence-corrected chi connectivity index (χ3v) is 3.98. The van der Waals surface area contributed by atoms with Crippen LogP contribution in [0.15, 0.2) is 40.9 Å². The smallest absolute Gasteiger partial charge is 0.249 e. The molecule has 0 N–H and O–H groups in total. The largest absolute Gasteiger partial charge is 0.361 e.